The molecule has 0 radical (unpaired) electrons. The molecule has 4 aromatic carbocycles. The highest BCUT2D eigenvalue weighted by atomic mass is 35.5. The van der Waals surface area contributed by atoms with E-state index >= 15 is 0 Å². The summed E-state index contributed by atoms with van der Waals surface area (Å²) in [7, 11) is 1.39. The number of carbonyl (C=O) groups excluding carboxylic acids is 3. The highest BCUT2D eigenvalue weighted by Crippen LogP contribution is 2.35. The number of methoxy groups -OCH3 is 1. The molecule has 0 saturated carbocycles. The minimum atomic E-state index is -0.671. The Bertz CT molecular complexity index is 1830. The number of hydrazone groups is 1. The number of benzene rings is 4. The highest BCUT2D eigenvalue weighted by Gasteiger charge is 2.20. The van der Waals surface area contributed by atoms with Crippen LogP contribution in [0.3, 0.4) is 0 Å². The molecule has 5 rings (SSSR count). The van der Waals surface area contributed by atoms with Crippen LogP contribution < -0.4 is 19.6 Å². The summed E-state index contributed by atoms with van der Waals surface area (Å²) in [4.78, 5) is 40.6. The van der Waals surface area contributed by atoms with E-state index in [0.29, 0.717) is 27.4 Å². The molecule has 210 valence electrons. The fraction of sp³-hybridized carbons (Fsp3) is 0.0625. The normalized spacial score (nSPS) is 10.9. The fourth-order valence-electron chi connectivity index (χ4n) is 4.35. The molecule has 0 aliphatic rings. The molecule has 0 fully saturated rings. The molecule has 0 bridgehead atoms. The zero-order valence-electron chi connectivity index (χ0n) is 22.5. The number of fused-ring (bicyclic) bond motifs is 1. The van der Waals surface area contributed by atoms with Gasteiger partial charge in [-0.15, -0.1) is 0 Å². The van der Waals surface area contributed by atoms with Gasteiger partial charge in [0.05, 0.1) is 29.4 Å². The maximum Gasteiger partial charge on any atom is 0.343 e. The quantitative estimate of drug-likeness (QED) is 0.0946. The number of hydrogen-bond donors (Lipinski definition) is 2. The summed E-state index contributed by atoms with van der Waals surface area (Å²) in [6.07, 6.45) is 1.38. The van der Waals surface area contributed by atoms with E-state index in [9.17, 15) is 14.4 Å². The van der Waals surface area contributed by atoms with E-state index in [1.165, 1.54) is 38.4 Å². The van der Waals surface area contributed by atoms with E-state index in [1.54, 1.807) is 30.3 Å². The number of amides is 1. The topological polar surface area (TPSA) is 119 Å². The van der Waals surface area contributed by atoms with Crippen molar-refractivity contribution in [3.63, 3.8) is 0 Å². The van der Waals surface area contributed by atoms with Crippen LogP contribution in [-0.4, -0.2) is 36.2 Å². The Balaban J connectivity index is 1.36. The van der Waals surface area contributed by atoms with E-state index in [2.05, 4.69) is 15.5 Å². The lowest BCUT2D eigenvalue weighted by Crippen LogP contribution is -2.19. The number of ether oxygens (including phenoxy) is 3. The molecule has 1 amide bonds. The van der Waals surface area contributed by atoms with Crippen molar-refractivity contribution in [2.24, 2.45) is 5.10 Å². The maximum atomic E-state index is 13.3. The second-order valence-electron chi connectivity index (χ2n) is 8.99. The molecule has 0 spiro atoms. The SMILES string of the molecule is COc1cc(C(=O)Oc2ccccc2C=NNC(=O)c2[nH]c3c(Cl)cccc3c2-c2ccccc2)ccc1OC(C)=O. The van der Waals surface area contributed by atoms with Gasteiger partial charge in [0.2, 0.25) is 0 Å². The zero-order chi connectivity index (χ0) is 29.6. The van der Waals surface area contributed by atoms with E-state index < -0.39 is 17.8 Å². The van der Waals surface area contributed by atoms with Crippen LogP contribution >= 0.6 is 11.6 Å². The molecule has 5 aromatic rings. The first-order chi connectivity index (χ1) is 20.4. The number of halogens is 1. The number of nitrogens with zero attached hydrogens (tertiary/aromatic N) is 1. The molecule has 2 N–H and O–H groups in total. The molecule has 1 heterocycles. The van der Waals surface area contributed by atoms with Crippen LogP contribution in [0.1, 0.15) is 33.3 Å². The van der Waals surface area contributed by atoms with Crippen LogP contribution in [0.25, 0.3) is 22.0 Å². The van der Waals surface area contributed by atoms with E-state index in [0.717, 1.165) is 10.9 Å². The monoisotopic (exact) mass is 581 g/mol. The van der Waals surface area contributed by atoms with Crippen molar-refractivity contribution in [2.45, 2.75) is 6.92 Å². The number of H-pyrrole nitrogens is 1. The van der Waals surface area contributed by atoms with Gasteiger partial charge in [0, 0.05) is 23.4 Å². The summed E-state index contributed by atoms with van der Waals surface area (Å²) < 4.78 is 15.9. The van der Waals surface area contributed by atoms with Gasteiger partial charge in [0.15, 0.2) is 11.5 Å². The van der Waals surface area contributed by atoms with Gasteiger partial charge in [0.1, 0.15) is 11.4 Å². The van der Waals surface area contributed by atoms with Crippen molar-refractivity contribution in [3.8, 4) is 28.4 Å². The number of nitrogens with one attached hydrogen (secondary N) is 2. The zero-order valence-corrected chi connectivity index (χ0v) is 23.3. The fourth-order valence-corrected chi connectivity index (χ4v) is 4.57. The van der Waals surface area contributed by atoms with Crippen molar-refractivity contribution >= 4 is 46.6 Å². The van der Waals surface area contributed by atoms with Gasteiger partial charge in [-0.05, 0) is 42.0 Å². The molecule has 1 aromatic heterocycles. The maximum absolute atomic E-state index is 13.3. The summed E-state index contributed by atoms with van der Waals surface area (Å²) in [6, 6.07) is 26.0. The largest absolute Gasteiger partial charge is 0.493 e. The minimum absolute atomic E-state index is 0.175. The molecular weight excluding hydrogens is 558 g/mol. The lowest BCUT2D eigenvalue weighted by molar-refractivity contribution is -0.132. The van der Waals surface area contributed by atoms with Crippen molar-refractivity contribution in [1.82, 2.24) is 10.4 Å². The lowest BCUT2D eigenvalue weighted by atomic mass is 10.0. The first-order valence-electron chi connectivity index (χ1n) is 12.7. The number of aromatic amines is 1. The number of esters is 2. The number of para-hydroxylation sites is 2. The summed E-state index contributed by atoms with van der Waals surface area (Å²) in [6.45, 7) is 1.26. The minimum Gasteiger partial charge on any atom is -0.493 e. The Morgan fingerprint density at radius 1 is 0.857 bits per heavy atom. The smallest absolute Gasteiger partial charge is 0.343 e. The molecule has 0 saturated heterocycles. The Morgan fingerprint density at radius 3 is 2.38 bits per heavy atom. The molecule has 10 heteroatoms. The van der Waals surface area contributed by atoms with Gasteiger partial charge in [-0.3, -0.25) is 9.59 Å². The first kappa shape index (κ1) is 28.1. The van der Waals surface area contributed by atoms with Crippen molar-refractivity contribution in [1.29, 1.82) is 0 Å². The van der Waals surface area contributed by atoms with Gasteiger partial charge in [-0.1, -0.05) is 66.2 Å². The third kappa shape index (κ3) is 6.01. The van der Waals surface area contributed by atoms with Gasteiger partial charge < -0.3 is 19.2 Å². The van der Waals surface area contributed by atoms with Crippen LogP contribution in [-0.2, 0) is 4.79 Å². The highest BCUT2D eigenvalue weighted by molar-refractivity contribution is 6.36. The van der Waals surface area contributed by atoms with Crippen LogP contribution in [0.5, 0.6) is 17.2 Å². The average molecular weight is 582 g/mol. The first-order valence-corrected chi connectivity index (χ1v) is 13.1. The lowest BCUT2D eigenvalue weighted by Gasteiger charge is -2.11. The molecular formula is C32H24ClN3O6. The van der Waals surface area contributed by atoms with Gasteiger partial charge in [-0.2, -0.15) is 5.10 Å². The third-order valence-corrected chi connectivity index (χ3v) is 6.53. The standard InChI is InChI=1S/C32H24ClN3O6/c1-19(37)41-26-16-15-21(17-27(26)40-2)32(39)42-25-14-7-6-11-22(25)18-34-36-31(38)30-28(20-9-4-3-5-10-20)23-12-8-13-24(33)29(23)35-30/h3-18,35H,1-2H3,(H,36,38). The van der Waals surface area contributed by atoms with Crippen molar-refractivity contribution < 1.29 is 28.6 Å². The number of hydrogen-bond acceptors (Lipinski definition) is 7. The van der Waals surface area contributed by atoms with Gasteiger partial charge >= 0.3 is 11.9 Å². The Hall–Kier alpha value is -5.41. The van der Waals surface area contributed by atoms with E-state index in [4.69, 9.17) is 25.8 Å². The van der Waals surface area contributed by atoms with Crippen LogP contribution in [0.15, 0.2) is 96.1 Å². The molecule has 0 aliphatic heterocycles. The van der Waals surface area contributed by atoms with Crippen LogP contribution in [0.2, 0.25) is 5.02 Å². The number of rotatable bonds is 8. The van der Waals surface area contributed by atoms with Crippen LogP contribution in [0, 0.1) is 0 Å². The molecule has 42 heavy (non-hydrogen) atoms. The summed E-state index contributed by atoms with van der Waals surface area (Å²) in [5.41, 5.74) is 5.64. The average Bonchev–Trinajstić information content (AvgIpc) is 3.39. The number of carbonyl (C=O) groups is 3. The Labute approximate surface area is 245 Å². The molecule has 0 atom stereocenters. The second-order valence-corrected chi connectivity index (χ2v) is 9.40. The third-order valence-electron chi connectivity index (χ3n) is 6.22. The summed E-state index contributed by atoms with van der Waals surface area (Å²) in [5, 5.41) is 5.41. The van der Waals surface area contributed by atoms with Crippen LogP contribution in [0.4, 0.5) is 0 Å². The predicted octanol–water partition coefficient (Wildman–Crippen LogP) is 6.41. The second kappa shape index (κ2) is 12.4. The molecule has 0 aliphatic carbocycles. The van der Waals surface area contributed by atoms with Gasteiger partial charge in [0.25, 0.3) is 5.91 Å². The Morgan fingerprint density at radius 2 is 1.62 bits per heavy atom. The van der Waals surface area contributed by atoms with Crippen molar-refractivity contribution in [2.75, 3.05) is 7.11 Å². The van der Waals surface area contributed by atoms with E-state index in [-0.39, 0.29) is 22.8 Å². The van der Waals surface area contributed by atoms with E-state index in [1.807, 2.05) is 42.5 Å². The summed E-state index contributed by atoms with van der Waals surface area (Å²) in [5.74, 6) is -1.08. The van der Waals surface area contributed by atoms with Crippen molar-refractivity contribution in [3.05, 3.63) is 113 Å². The summed E-state index contributed by atoms with van der Waals surface area (Å²) >= 11 is 6.41. The predicted molar refractivity (Wildman–Crippen MR) is 160 cm³/mol. The Kier molecular flexibility index (Phi) is 8.31. The number of aromatic nitrogens is 1. The van der Waals surface area contributed by atoms with Gasteiger partial charge in [-0.25, -0.2) is 10.2 Å². The molecule has 0 unspecified atom stereocenters. The molecule has 9 nitrogen and oxygen atoms in total.